The van der Waals surface area contributed by atoms with Crippen molar-refractivity contribution >= 4 is 43.1 Å². The van der Waals surface area contributed by atoms with Crippen molar-refractivity contribution in [3.05, 3.63) is 34.5 Å². The van der Waals surface area contributed by atoms with E-state index in [1.165, 1.54) is 0 Å². The highest BCUT2D eigenvalue weighted by molar-refractivity contribution is 7.23. The second-order valence-electron chi connectivity index (χ2n) is 12.6. The number of anilines is 2. The van der Waals surface area contributed by atoms with Crippen LogP contribution in [-0.2, 0) is 18.0 Å². The zero-order valence-electron chi connectivity index (χ0n) is 25.4. The van der Waals surface area contributed by atoms with Crippen LogP contribution in [0.4, 0.5) is 24.0 Å². The Bertz CT molecular complexity index is 1900. The number of halogens is 3. The van der Waals surface area contributed by atoms with Gasteiger partial charge < -0.3 is 25.0 Å². The average Bonchev–Trinajstić information content (AvgIpc) is 3.82. The van der Waals surface area contributed by atoms with E-state index in [0.29, 0.717) is 43.0 Å². The van der Waals surface area contributed by atoms with E-state index >= 15 is 4.39 Å². The van der Waals surface area contributed by atoms with Gasteiger partial charge in [-0.2, -0.15) is 15.2 Å². The van der Waals surface area contributed by atoms with Crippen LogP contribution >= 0.6 is 11.3 Å². The van der Waals surface area contributed by atoms with Gasteiger partial charge in [-0.3, -0.25) is 9.88 Å². The van der Waals surface area contributed by atoms with E-state index in [1.54, 1.807) is 0 Å². The fourth-order valence-corrected chi connectivity index (χ4v) is 8.80. The average molecular weight is 651 g/mol. The number of fused-ring (bicyclic) bond motifs is 6. The van der Waals surface area contributed by atoms with E-state index in [0.717, 1.165) is 55.3 Å². The summed E-state index contributed by atoms with van der Waals surface area (Å²) in [7, 11) is 2.06. The summed E-state index contributed by atoms with van der Waals surface area (Å²) in [5, 5.41) is 10.8. The third-order valence-electron chi connectivity index (χ3n) is 10.1. The van der Waals surface area contributed by atoms with Crippen LogP contribution in [0.3, 0.4) is 0 Å². The Morgan fingerprint density at radius 2 is 1.91 bits per heavy atom. The molecule has 1 aromatic carbocycles. The number of hydrogen-bond donors (Lipinski definition) is 1. The van der Waals surface area contributed by atoms with E-state index < -0.39 is 18.3 Å². The molecular weight excluding hydrogens is 617 g/mol. The maximum absolute atomic E-state index is 17.3. The molecule has 240 valence electrons. The van der Waals surface area contributed by atoms with Crippen LogP contribution in [0.25, 0.3) is 32.2 Å². The van der Waals surface area contributed by atoms with Crippen molar-refractivity contribution in [1.82, 2.24) is 24.8 Å². The number of benzene rings is 1. The van der Waals surface area contributed by atoms with Crippen LogP contribution in [0.15, 0.2) is 6.20 Å². The Kier molecular flexibility index (Phi) is 7.39. The van der Waals surface area contributed by atoms with Crippen LogP contribution in [-0.4, -0.2) is 89.4 Å². The molecule has 0 spiro atoms. The molecule has 0 radical (unpaired) electrons. The summed E-state index contributed by atoms with van der Waals surface area (Å²) >= 11 is 0.938. The zero-order valence-corrected chi connectivity index (χ0v) is 26.2. The van der Waals surface area contributed by atoms with E-state index in [1.807, 2.05) is 0 Å². The van der Waals surface area contributed by atoms with Gasteiger partial charge in [0.15, 0.2) is 11.6 Å². The van der Waals surface area contributed by atoms with Crippen molar-refractivity contribution in [1.29, 1.82) is 5.26 Å². The fraction of sp³-hybridized carbons (Fsp3) is 0.500. The minimum Gasteiger partial charge on any atom is -0.462 e. The number of piperazine rings is 1. The van der Waals surface area contributed by atoms with Gasteiger partial charge in [0.2, 0.25) is 0 Å². The van der Waals surface area contributed by atoms with Gasteiger partial charge in [0.05, 0.1) is 40.8 Å². The van der Waals surface area contributed by atoms with Gasteiger partial charge in [-0.25, -0.2) is 13.2 Å². The number of aromatic nitrogens is 3. The molecule has 7 heterocycles. The fourth-order valence-electron chi connectivity index (χ4n) is 7.88. The Balaban J connectivity index is 1.35. The Morgan fingerprint density at radius 1 is 1.13 bits per heavy atom. The van der Waals surface area contributed by atoms with Crippen molar-refractivity contribution in [2.45, 2.75) is 57.0 Å². The number of nitrogens with two attached hydrogens (primary N) is 1. The number of nitriles is 1. The molecule has 0 amide bonds. The molecule has 3 fully saturated rings. The summed E-state index contributed by atoms with van der Waals surface area (Å²) in [6.07, 6.45) is 4.91. The third kappa shape index (κ3) is 4.58. The normalized spacial score (nSPS) is 23.1. The number of pyridine rings is 1. The number of hydrogen-bond acceptors (Lipinski definition) is 11. The first-order valence-electron chi connectivity index (χ1n) is 15.7. The molecule has 2 N–H and O–H groups in total. The van der Waals surface area contributed by atoms with E-state index in [2.05, 4.69) is 37.8 Å². The second kappa shape index (κ2) is 11.5. The molecular formula is C32H33F3N8O2S. The maximum Gasteiger partial charge on any atom is 0.319 e. The first-order chi connectivity index (χ1) is 22.4. The summed E-state index contributed by atoms with van der Waals surface area (Å²) in [6.45, 7) is 2.98. The van der Waals surface area contributed by atoms with E-state index in [9.17, 15) is 14.0 Å². The second-order valence-corrected chi connectivity index (χ2v) is 13.7. The molecule has 8 rings (SSSR count). The number of nitrogen functional groups attached to an aromatic ring is 1. The van der Waals surface area contributed by atoms with Crippen molar-refractivity contribution in [3.63, 3.8) is 0 Å². The monoisotopic (exact) mass is 650 g/mol. The molecule has 4 aromatic rings. The minimum absolute atomic E-state index is 0.0602. The van der Waals surface area contributed by atoms with Gasteiger partial charge in [-0.05, 0) is 50.4 Å². The molecule has 3 aromatic heterocycles. The predicted octanol–water partition coefficient (Wildman–Crippen LogP) is 4.76. The van der Waals surface area contributed by atoms with Gasteiger partial charge in [0.25, 0.3) is 0 Å². The number of likely N-dealkylation sites (N-methyl/N-ethyl adjacent to an activating group) is 1. The maximum atomic E-state index is 17.3. The van der Waals surface area contributed by atoms with Gasteiger partial charge in [0.1, 0.15) is 35.7 Å². The molecule has 2 bridgehead atoms. The summed E-state index contributed by atoms with van der Waals surface area (Å²) in [5.41, 5.74) is 7.76. The quantitative estimate of drug-likeness (QED) is 0.300. The number of rotatable bonds is 7. The lowest BCUT2D eigenvalue weighted by Crippen LogP contribution is -2.54. The lowest BCUT2D eigenvalue weighted by molar-refractivity contribution is 0.135. The summed E-state index contributed by atoms with van der Waals surface area (Å²) in [4.78, 5) is 20.6. The summed E-state index contributed by atoms with van der Waals surface area (Å²) in [5.74, 6) is -0.706. The lowest BCUT2D eigenvalue weighted by Gasteiger charge is -2.42. The van der Waals surface area contributed by atoms with Crippen LogP contribution in [0.5, 0.6) is 6.01 Å². The smallest absolute Gasteiger partial charge is 0.319 e. The first kappa shape index (κ1) is 29.6. The van der Waals surface area contributed by atoms with Gasteiger partial charge >= 0.3 is 6.01 Å². The van der Waals surface area contributed by atoms with Gasteiger partial charge in [0, 0.05) is 48.7 Å². The van der Waals surface area contributed by atoms with Crippen LogP contribution in [0.1, 0.15) is 42.4 Å². The van der Waals surface area contributed by atoms with Crippen molar-refractivity contribution in [2.75, 3.05) is 57.1 Å². The number of thiophene rings is 1. The first-order valence-corrected chi connectivity index (χ1v) is 16.5. The highest BCUT2D eigenvalue weighted by Gasteiger charge is 2.43. The molecule has 14 heteroatoms. The number of likely N-dealkylation sites (tertiary alicyclic amines) is 2. The topological polar surface area (TPSA) is 117 Å². The number of alkyl halides is 1. The summed E-state index contributed by atoms with van der Waals surface area (Å²) in [6, 6.07) is 2.48. The molecule has 0 saturated carbocycles. The van der Waals surface area contributed by atoms with Crippen molar-refractivity contribution in [2.24, 2.45) is 0 Å². The largest absolute Gasteiger partial charge is 0.462 e. The third-order valence-corrected chi connectivity index (χ3v) is 11.1. The molecule has 3 saturated heterocycles. The van der Waals surface area contributed by atoms with Gasteiger partial charge in [-0.1, -0.05) is 0 Å². The van der Waals surface area contributed by atoms with E-state index in [4.69, 9.17) is 20.2 Å². The molecule has 3 atom stereocenters. The highest BCUT2D eigenvalue weighted by Crippen LogP contribution is 2.48. The SMILES string of the molecule is CN1CCCC1COc1nc(N2C3CCC2CN(CCF)C3)c2c3c(c(-c4ncc(F)c5sc(N)c(C#N)c45)c(F)c2n1)COC3. The van der Waals surface area contributed by atoms with Crippen LogP contribution in [0, 0.1) is 23.0 Å². The number of nitrogens with zero attached hydrogens (tertiary/aromatic N) is 7. The standard InChI is InChI=1S/C32H33F3N8O2S/c1-41-7-2-3-18(41)13-45-32-39-28-25(31(40-32)43-16-4-5-17(43)12-42(11-16)8-6-33)21-15-44-14-20(21)23(26(28)35)27-24-19(9-36)30(37)46-29(24)22(34)10-38-27/h10,16-18H,2-8,11-15,37H2,1H3. The van der Waals surface area contributed by atoms with Crippen LogP contribution in [0.2, 0.25) is 0 Å². The summed E-state index contributed by atoms with van der Waals surface area (Å²) < 4.78 is 57.8. The molecule has 4 aliphatic heterocycles. The highest BCUT2D eigenvalue weighted by atomic mass is 32.1. The van der Waals surface area contributed by atoms with E-state index in [-0.39, 0.29) is 74.8 Å². The molecule has 0 aliphatic carbocycles. The predicted molar refractivity (Wildman–Crippen MR) is 169 cm³/mol. The van der Waals surface area contributed by atoms with Crippen molar-refractivity contribution < 1.29 is 22.6 Å². The van der Waals surface area contributed by atoms with Gasteiger partial charge in [-0.15, -0.1) is 11.3 Å². The van der Waals surface area contributed by atoms with Crippen LogP contribution < -0.4 is 15.4 Å². The Labute approximate surface area is 267 Å². The minimum atomic E-state index is -0.664. The molecule has 4 aliphatic rings. The molecule has 46 heavy (non-hydrogen) atoms. The molecule has 3 unspecified atom stereocenters. The Morgan fingerprint density at radius 3 is 2.63 bits per heavy atom. The lowest BCUT2D eigenvalue weighted by atomic mass is 9.93. The molecule has 10 nitrogen and oxygen atoms in total. The van der Waals surface area contributed by atoms with Crippen molar-refractivity contribution in [3.8, 4) is 23.3 Å². The Hall–Kier alpha value is -3.77. The zero-order chi connectivity index (χ0) is 31.7. The number of ether oxygens (including phenoxy) is 2.